The van der Waals surface area contributed by atoms with E-state index in [0.29, 0.717) is 5.56 Å². The predicted molar refractivity (Wildman–Crippen MR) is 118 cm³/mol. The number of nitrogens with zero attached hydrogens (tertiary/aromatic N) is 1. The van der Waals surface area contributed by atoms with E-state index in [4.69, 9.17) is 0 Å². The molecule has 4 rings (SSSR count). The Morgan fingerprint density at radius 3 is 2.24 bits per heavy atom. The second kappa shape index (κ2) is 8.80. The number of aliphatic hydroxyl groups excluding tert-OH is 1. The number of hydrogen-bond donors (Lipinski definition) is 3. The van der Waals surface area contributed by atoms with Crippen molar-refractivity contribution in [3.63, 3.8) is 0 Å². The summed E-state index contributed by atoms with van der Waals surface area (Å²) >= 11 is 0. The fourth-order valence-corrected chi connectivity index (χ4v) is 3.70. The van der Waals surface area contributed by atoms with Crippen LogP contribution in [0.2, 0.25) is 0 Å². The van der Waals surface area contributed by atoms with Crippen LogP contribution in [0.3, 0.4) is 0 Å². The van der Waals surface area contributed by atoms with Gasteiger partial charge in [-0.3, -0.25) is 4.79 Å². The normalized spacial score (nSPS) is 15.9. The van der Waals surface area contributed by atoms with Gasteiger partial charge in [-0.1, -0.05) is 18.2 Å². The smallest absolute Gasteiger partial charge is 0.255 e. The topological polar surface area (TPSA) is 64.6 Å². The van der Waals surface area contributed by atoms with Crippen LogP contribution < -0.4 is 15.5 Å². The molecular weight excluding hydrogens is 362 g/mol. The summed E-state index contributed by atoms with van der Waals surface area (Å²) in [6.07, 6.45) is 2.09. The standard InChI is InChI=1S/C24H25N3O2/c28-17-23-7-4-16-27(23)22-14-8-18(9-15-22)24(29)26-21-12-10-20(11-13-21)25-19-5-2-1-3-6-19/h1-3,5-6,8-15,23,25,28H,4,7,16-17H2,(H,26,29). The molecule has 0 saturated carbocycles. The number of para-hydroxylation sites is 1. The van der Waals surface area contributed by atoms with E-state index in [-0.39, 0.29) is 18.6 Å². The van der Waals surface area contributed by atoms with Gasteiger partial charge in [-0.2, -0.15) is 0 Å². The first-order valence-corrected chi connectivity index (χ1v) is 9.94. The molecule has 3 N–H and O–H groups in total. The number of carbonyl (C=O) groups excluding carboxylic acids is 1. The molecule has 1 heterocycles. The maximum Gasteiger partial charge on any atom is 0.255 e. The van der Waals surface area contributed by atoms with Crippen LogP contribution in [-0.2, 0) is 0 Å². The van der Waals surface area contributed by atoms with Crippen molar-refractivity contribution in [1.29, 1.82) is 0 Å². The van der Waals surface area contributed by atoms with E-state index in [1.54, 1.807) is 0 Å². The van der Waals surface area contributed by atoms with Gasteiger partial charge in [0.15, 0.2) is 0 Å². The highest BCUT2D eigenvalue weighted by Gasteiger charge is 2.23. The molecule has 29 heavy (non-hydrogen) atoms. The van der Waals surface area contributed by atoms with Gasteiger partial charge in [0.1, 0.15) is 0 Å². The number of carbonyl (C=O) groups is 1. The fraction of sp³-hybridized carbons (Fsp3) is 0.208. The Bertz CT molecular complexity index is 940. The van der Waals surface area contributed by atoms with E-state index in [9.17, 15) is 9.90 Å². The first kappa shape index (κ1) is 19.0. The molecule has 5 heteroatoms. The third-order valence-corrected chi connectivity index (χ3v) is 5.25. The van der Waals surface area contributed by atoms with E-state index in [1.807, 2.05) is 78.9 Å². The maximum atomic E-state index is 12.6. The molecule has 0 spiro atoms. The van der Waals surface area contributed by atoms with Gasteiger partial charge in [0, 0.05) is 34.9 Å². The molecule has 0 radical (unpaired) electrons. The molecule has 1 unspecified atom stereocenters. The highest BCUT2D eigenvalue weighted by atomic mass is 16.3. The molecule has 3 aromatic rings. The fourth-order valence-electron chi connectivity index (χ4n) is 3.70. The Balaban J connectivity index is 1.37. The molecule has 0 aliphatic carbocycles. The van der Waals surface area contributed by atoms with E-state index in [2.05, 4.69) is 15.5 Å². The summed E-state index contributed by atoms with van der Waals surface area (Å²) in [4.78, 5) is 14.8. The van der Waals surface area contributed by atoms with Gasteiger partial charge in [-0.25, -0.2) is 0 Å². The summed E-state index contributed by atoms with van der Waals surface area (Å²) in [6, 6.07) is 25.4. The van der Waals surface area contributed by atoms with Crippen LogP contribution in [0.1, 0.15) is 23.2 Å². The van der Waals surface area contributed by atoms with Gasteiger partial charge < -0.3 is 20.6 Å². The predicted octanol–water partition coefficient (Wildman–Crippen LogP) is 4.64. The quantitative estimate of drug-likeness (QED) is 0.576. The minimum Gasteiger partial charge on any atom is -0.394 e. The lowest BCUT2D eigenvalue weighted by Crippen LogP contribution is -2.31. The third kappa shape index (κ3) is 4.58. The molecule has 1 atom stereocenters. The van der Waals surface area contributed by atoms with Crippen molar-refractivity contribution in [3.05, 3.63) is 84.4 Å². The van der Waals surface area contributed by atoms with Crippen molar-refractivity contribution in [1.82, 2.24) is 0 Å². The van der Waals surface area contributed by atoms with Crippen LogP contribution in [0.15, 0.2) is 78.9 Å². The lowest BCUT2D eigenvalue weighted by Gasteiger charge is -2.25. The maximum absolute atomic E-state index is 12.6. The minimum absolute atomic E-state index is 0.138. The Labute approximate surface area is 171 Å². The molecule has 1 saturated heterocycles. The summed E-state index contributed by atoms with van der Waals surface area (Å²) in [6.45, 7) is 1.11. The Morgan fingerprint density at radius 2 is 1.55 bits per heavy atom. The summed E-state index contributed by atoms with van der Waals surface area (Å²) < 4.78 is 0. The lowest BCUT2D eigenvalue weighted by molar-refractivity contribution is 0.102. The van der Waals surface area contributed by atoms with Crippen LogP contribution in [0.25, 0.3) is 0 Å². The first-order valence-electron chi connectivity index (χ1n) is 9.94. The Hall–Kier alpha value is -3.31. The highest BCUT2D eigenvalue weighted by molar-refractivity contribution is 6.04. The van der Waals surface area contributed by atoms with Crippen molar-refractivity contribution in [2.24, 2.45) is 0 Å². The number of hydrogen-bond acceptors (Lipinski definition) is 4. The zero-order valence-corrected chi connectivity index (χ0v) is 16.2. The summed E-state index contributed by atoms with van der Waals surface area (Å²) in [5.41, 5.74) is 4.39. The zero-order chi connectivity index (χ0) is 20.1. The monoisotopic (exact) mass is 387 g/mol. The van der Waals surface area contributed by atoms with Crippen LogP contribution in [0, 0.1) is 0 Å². The van der Waals surface area contributed by atoms with Crippen molar-refractivity contribution >= 4 is 28.7 Å². The van der Waals surface area contributed by atoms with Gasteiger partial charge in [0.2, 0.25) is 0 Å². The molecule has 0 bridgehead atoms. The van der Waals surface area contributed by atoms with Gasteiger partial charge >= 0.3 is 0 Å². The van der Waals surface area contributed by atoms with Crippen molar-refractivity contribution in [2.45, 2.75) is 18.9 Å². The number of rotatable bonds is 6. The molecule has 1 fully saturated rings. The van der Waals surface area contributed by atoms with Crippen molar-refractivity contribution in [3.8, 4) is 0 Å². The van der Waals surface area contributed by atoms with Crippen LogP contribution in [0.4, 0.5) is 22.7 Å². The SMILES string of the molecule is O=C(Nc1ccc(Nc2ccccc2)cc1)c1ccc(N2CCCC2CO)cc1. The van der Waals surface area contributed by atoms with E-state index < -0.39 is 0 Å². The number of benzene rings is 3. The van der Waals surface area contributed by atoms with Gasteiger partial charge in [-0.05, 0) is 73.5 Å². The van der Waals surface area contributed by atoms with Crippen LogP contribution in [-0.4, -0.2) is 30.2 Å². The molecular formula is C24H25N3O2. The highest BCUT2D eigenvalue weighted by Crippen LogP contribution is 2.26. The number of anilines is 4. The van der Waals surface area contributed by atoms with Gasteiger partial charge in [0.25, 0.3) is 5.91 Å². The van der Waals surface area contributed by atoms with E-state index >= 15 is 0 Å². The lowest BCUT2D eigenvalue weighted by atomic mass is 10.1. The van der Waals surface area contributed by atoms with E-state index in [1.165, 1.54) is 0 Å². The Morgan fingerprint density at radius 1 is 0.897 bits per heavy atom. The minimum atomic E-state index is -0.138. The van der Waals surface area contributed by atoms with Gasteiger partial charge in [-0.15, -0.1) is 0 Å². The van der Waals surface area contributed by atoms with Crippen LogP contribution >= 0.6 is 0 Å². The second-order valence-corrected chi connectivity index (χ2v) is 7.24. The zero-order valence-electron chi connectivity index (χ0n) is 16.2. The van der Waals surface area contributed by atoms with Crippen molar-refractivity contribution < 1.29 is 9.90 Å². The van der Waals surface area contributed by atoms with E-state index in [0.717, 1.165) is 42.1 Å². The van der Waals surface area contributed by atoms with Crippen molar-refractivity contribution in [2.75, 3.05) is 28.7 Å². The molecule has 1 amide bonds. The average Bonchev–Trinajstić information content (AvgIpc) is 3.25. The molecule has 1 aliphatic rings. The Kier molecular flexibility index (Phi) is 5.77. The summed E-state index contributed by atoms with van der Waals surface area (Å²) in [5, 5.41) is 15.8. The molecule has 0 aromatic heterocycles. The first-order chi connectivity index (χ1) is 14.2. The largest absolute Gasteiger partial charge is 0.394 e. The van der Waals surface area contributed by atoms with Gasteiger partial charge in [0.05, 0.1) is 12.6 Å². The molecule has 148 valence electrons. The number of aliphatic hydroxyl groups is 1. The summed E-state index contributed by atoms with van der Waals surface area (Å²) in [5.74, 6) is -0.138. The molecule has 5 nitrogen and oxygen atoms in total. The molecule has 3 aromatic carbocycles. The van der Waals surface area contributed by atoms with Crippen LogP contribution in [0.5, 0.6) is 0 Å². The second-order valence-electron chi connectivity index (χ2n) is 7.24. The third-order valence-electron chi connectivity index (χ3n) is 5.25. The summed E-state index contributed by atoms with van der Waals surface area (Å²) in [7, 11) is 0. The average molecular weight is 387 g/mol. The number of amides is 1. The molecule has 1 aliphatic heterocycles. The number of nitrogens with one attached hydrogen (secondary N) is 2.